The van der Waals surface area contributed by atoms with Crippen molar-refractivity contribution in [2.45, 2.75) is 5.03 Å². The Morgan fingerprint density at radius 3 is 2.82 bits per heavy atom. The highest BCUT2D eigenvalue weighted by Gasteiger charge is 2.14. The van der Waals surface area contributed by atoms with Crippen LogP contribution in [0.4, 0.5) is 5.69 Å². The van der Waals surface area contributed by atoms with E-state index in [-0.39, 0.29) is 17.2 Å². The maximum Gasteiger partial charge on any atom is 0.339 e. The average molecular weight is 337 g/mol. The molecule has 1 aromatic heterocycles. The molecule has 7 heteroatoms. The average Bonchev–Trinajstić information content (AvgIpc) is 2.53. The fraction of sp³-hybridized carbons (Fsp3) is 0.133. The minimum Gasteiger partial charge on any atom is -0.465 e. The van der Waals surface area contributed by atoms with Gasteiger partial charge in [0.2, 0.25) is 5.91 Å². The predicted molar refractivity (Wildman–Crippen MR) is 86.4 cm³/mol. The summed E-state index contributed by atoms with van der Waals surface area (Å²) in [4.78, 5) is 27.8. The van der Waals surface area contributed by atoms with E-state index in [0.717, 1.165) is 5.03 Å². The number of carbonyl (C=O) groups excluding carboxylic acids is 2. The topological polar surface area (TPSA) is 68.3 Å². The molecular formula is C15H13ClN2O3S. The Morgan fingerprint density at radius 1 is 1.32 bits per heavy atom. The molecule has 1 amide bonds. The van der Waals surface area contributed by atoms with Gasteiger partial charge >= 0.3 is 5.97 Å². The van der Waals surface area contributed by atoms with Crippen molar-refractivity contribution in [3.05, 3.63) is 53.2 Å². The van der Waals surface area contributed by atoms with Gasteiger partial charge in [0, 0.05) is 11.2 Å². The summed E-state index contributed by atoms with van der Waals surface area (Å²) in [5, 5.41) is 3.83. The molecule has 0 saturated carbocycles. The second-order valence-electron chi connectivity index (χ2n) is 4.19. The Labute approximate surface area is 137 Å². The number of hydrogen-bond donors (Lipinski definition) is 1. The highest BCUT2D eigenvalue weighted by atomic mass is 35.5. The number of nitrogens with zero attached hydrogens (tertiary/aromatic N) is 1. The monoisotopic (exact) mass is 336 g/mol. The Morgan fingerprint density at radius 2 is 2.14 bits per heavy atom. The Hall–Kier alpha value is -2.05. The van der Waals surface area contributed by atoms with Gasteiger partial charge in [0.05, 0.1) is 29.1 Å². The lowest BCUT2D eigenvalue weighted by molar-refractivity contribution is -0.113. The van der Waals surface area contributed by atoms with Gasteiger partial charge < -0.3 is 10.1 Å². The number of ether oxygens (including phenoxy) is 1. The smallest absolute Gasteiger partial charge is 0.339 e. The van der Waals surface area contributed by atoms with E-state index in [0.29, 0.717) is 10.7 Å². The van der Waals surface area contributed by atoms with Gasteiger partial charge in [-0.3, -0.25) is 4.79 Å². The largest absolute Gasteiger partial charge is 0.465 e. The number of benzene rings is 1. The fourth-order valence-corrected chi connectivity index (χ4v) is 2.50. The van der Waals surface area contributed by atoms with E-state index in [2.05, 4.69) is 15.0 Å². The number of pyridine rings is 1. The number of aromatic nitrogens is 1. The van der Waals surface area contributed by atoms with E-state index in [9.17, 15) is 9.59 Å². The van der Waals surface area contributed by atoms with Crippen LogP contribution in [0.3, 0.4) is 0 Å². The molecule has 0 aliphatic heterocycles. The molecule has 0 aliphatic rings. The van der Waals surface area contributed by atoms with E-state index in [4.69, 9.17) is 11.6 Å². The van der Waals surface area contributed by atoms with E-state index >= 15 is 0 Å². The molecule has 0 aliphatic carbocycles. The molecule has 114 valence electrons. The zero-order chi connectivity index (χ0) is 15.9. The van der Waals surface area contributed by atoms with Crippen molar-refractivity contribution in [2.75, 3.05) is 18.2 Å². The summed E-state index contributed by atoms with van der Waals surface area (Å²) in [5.74, 6) is -0.628. The molecule has 2 aromatic rings. The van der Waals surface area contributed by atoms with Crippen LogP contribution in [-0.2, 0) is 9.53 Å². The number of amides is 1. The number of carbonyl (C=O) groups is 2. The van der Waals surface area contributed by atoms with Gasteiger partial charge in [-0.2, -0.15) is 0 Å². The first-order chi connectivity index (χ1) is 10.6. The summed E-state index contributed by atoms with van der Waals surface area (Å²) < 4.78 is 4.68. The molecular weight excluding hydrogens is 324 g/mol. The van der Waals surface area contributed by atoms with Gasteiger partial charge in [0.15, 0.2) is 0 Å². The van der Waals surface area contributed by atoms with E-state index in [1.807, 2.05) is 12.1 Å². The van der Waals surface area contributed by atoms with Gasteiger partial charge in [-0.15, -0.1) is 0 Å². The van der Waals surface area contributed by atoms with Gasteiger partial charge in [-0.05, 0) is 30.3 Å². The number of hydrogen-bond acceptors (Lipinski definition) is 5. The van der Waals surface area contributed by atoms with Crippen LogP contribution in [0.2, 0.25) is 5.02 Å². The first kappa shape index (κ1) is 16.3. The third kappa shape index (κ3) is 4.47. The van der Waals surface area contributed by atoms with Crippen molar-refractivity contribution >= 4 is 40.9 Å². The second-order valence-corrected chi connectivity index (χ2v) is 5.62. The lowest BCUT2D eigenvalue weighted by Gasteiger charge is -2.10. The number of esters is 1. The van der Waals surface area contributed by atoms with Crippen LogP contribution in [0, 0.1) is 0 Å². The maximum atomic E-state index is 12.0. The number of nitrogens with one attached hydrogen (secondary N) is 1. The number of methoxy groups -OCH3 is 1. The molecule has 0 unspecified atom stereocenters. The minimum absolute atomic E-state index is 0.171. The third-order valence-corrected chi connectivity index (χ3v) is 3.83. The van der Waals surface area contributed by atoms with Crippen LogP contribution in [0.5, 0.6) is 0 Å². The van der Waals surface area contributed by atoms with Gasteiger partial charge in [-0.25, -0.2) is 9.78 Å². The Balaban J connectivity index is 2.04. The Kier molecular flexibility index (Phi) is 5.80. The lowest BCUT2D eigenvalue weighted by Crippen LogP contribution is -2.17. The van der Waals surface area contributed by atoms with Crippen LogP contribution in [0.15, 0.2) is 47.6 Å². The van der Waals surface area contributed by atoms with Crippen molar-refractivity contribution in [2.24, 2.45) is 0 Å². The zero-order valence-electron chi connectivity index (χ0n) is 11.7. The lowest BCUT2D eigenvalue weighted by atomic mass is 10.2. The van der Waals surface area contributed by atoms with Crippen LogP contribution < -0.4 is 5.32 Å². The predicted octanol–water partition coefficient (Wildman–Crippen LogP) is 3.25. The SMILES string of the molecule is COC(=O)c1ccc(Cl)cc1NC(=O)CSc1ccccn1. The van der Waals surface area contributed by atoms with Gasteiger partial charge in [0.25, 0.3) is 0 Å². The van der Waals surface area contributed by atoms with Gasteiger partial charge in [0.1, 0.15) is 0 Å². The van der Waals surface area contributed by atoms with Crippen molar-refractivity contribution in [3.8, 4) is 0 Å². The molecule has 0 radical (unpaired) electrons. The first-order valence-corrected chi connectivity index (χ1v) is 7.68. The molecule has 22 heavy (non-hydrogen) atoms. The summed E-state index contributed by atoms with van der Waals surface area (Å²) in [6.07, 6.45) is 1.66. The molecule has 0 spiro atoms. The number of thioether (sulfide) groups is 1. The molecule has 1 heterocycles. The third-order valence-electron chi connectivity index (χ3n) is 2.65. The van der Waals surface area contributed by atoms with Crippen molar-refractivity contribution in [1.82, 2.24) is 4.98 Å². The van der Waals surface area contributed by atoms with Crippen molar-refractivity contribution in [1.29, 1.82) is 0 Å². The number of rotatable bonds is 5. The van der Waals surface area contributed by atoms with Crippen LogP contribution in [0.25, 0.3) is 0 Å². The normalized spacial score (nSPS) is 10.1. The summed E-state index contributed by atoms with van der Waals surface area (Å²) in [5.41, 5.74) is 0.578. The van der Waals surface area contributed by atoms with Crippen LogP contribution in [0.1, 0.15) is 10.4 Å². The van der Waals surface area contributed by atoms with Crippen LogP contribution in [-0.4, -0.2) is 29.7 Å². The maximum absolute atomic E-state index is 12.0. The van der Waals surface area contributed by atoms with Crippen molar-refractivity contribution < 1.29 is 14.3 Å². The van der Waals surface area contributed by atoms with Crippen molar-refractivity contribution in [3.63, 3.8) is 0 Å². The second kappa shape index (κ2) is 7.82. The molecule has 0 atom stereocenters. The highest BCUT2D eigenvalue weighted by molar-refractivity contribution is 7.99. The molecule has 1 aromatic carbocycles. The van der Waals surface area contributed by atoms with Gasteiger partial charge in [-0.1, -0.05) is 29.4 Å². The highest BCUT2D eigenvalue weighted by Crippen LogP contribution is 2.22. The summed E-state index contributed by atoms with van der Waals surface area (Å²) in [7, 11) is 1.28. The minimum atomic E-state index is -0.538. The summed E-state index contributed by atoms with van der Waals surface area (Å²) in [6.45, 7) is 0. The van der Waals surface area contributed by atoms with E-state index in [1.54, 1.807) is 18.3 Å². The van der Waals surface area contributed by atoms with E-state index < -0.39 is 5.97 Å². The summed E-state index contributed by atoms with van der Waals surface area (Å²) in [6, 6.07) is 10.1. The molecule has 2 rings (SSSR count). The molecule has 0 saturated heterocycles. The number of halogens is 1. The quantitative estimate of drug-likeness (QED) is 0.670. The molecule has 0 fully saturated rings. The standard InChI is InChI=1S/C15H13ClN2O3S/c1-21-15(20)11-6-5-10(16)8-12(11)18-13(19)9-22-14-4-2-3-7-17-14/h2-8H,9H2,1H3,(H,18,19). The Bertz CT molecular complexity index is 680. The fourth-order valence-electron chi connectivity index (χ4n) is 1.67. The van der Waals surface area contributed by atoms with Crippen LogP contribution >= 0.6 is 23.4 Å². The van der Waals surface area contributed by atoms with E-state index in [1.165, 1.54) is 31.0 Å². The zero-order valence-corrected chi connectivity index (χ0v) is 13.3. The molecule has 5 nitrogen and oxygen atoms in total. The summed E-state index contributed by atoms with van der Waals surface area (Å²) >= 11 is 7.20. The molecule has 0 bridgehead atoms. The molecule has 1 N–H and O–H groups in total. The number of anilines is 1. The first-order valence-electron chi connectivity index (χ1n) is 6.31.